The molecule has 12 heteroatoms. The van der Waals surface area contributed by atoms with Crippen LogP contribution in [0.15, 0.2) is 48.5 Å². The molecule has 2 aliphatic carbocycles. The average Bonchev–Trinajstić information content (AvgIpc) is 3.82. The van der Waals surface area contributed by atoms with E-state index in [0.29, 0.717) is 34.9 Å². The SMILES string of the molecule is CC1(C)CC(C[C@H](NC(=O)[C@H](CC2CCCCC2)NC(=O)OC(Cc2cccc(Cl)c2)c2cccc(Cl)c2)C(=O)C(=O)NC2CC2)C(=O)N1. The molecule has 4 N–H and O–H groups in total. The standard InChI is InChI=1S/C37H46Cl2N4O6/c1-37(2)21-25(33(45)43-37)20-29(32(44)35(47)40-28-14-15-28)41-34(46)30(17-22-8-4-3-5-9-22)42-36(48)49-31(24-11-7-13-27(39)19-24)18-23-10-6-12-26(38)16-23/h6-7,10-13,16,19,22,25,28-31H,3-5,8-9,14-15,17-18,20-21H2,1-2H3,(H,40,47)(H,41,46)(H,42,48)(H,43,45)/t25?,29-,30-,31?/m0/s1. The Morgan fingerprint density at radius 2 is 1.59 bits per heavy atom. The molecule has 2 aromatic rings. The highest BCUT2D eigenvalue weighted by Gasteiger charge is 2.42. The number of ketones is 1. The molecule has 0 radical (unpaired) electrons. The van der Waals surface area contributed by atoms with Crippen LogP contribution >= 0.6 is 23.2 Å². The van der Waals surface area contributed by atoms with Gasteiger partial charge in [0.1, 0.15) is 12.1 Å². The number of rotatable bonds is 14. The first-order valence-corrected chi connectivity index (χ1v) is 18.0. The van der Waals surface area contributed by atoms with Crippen molar-refractivity contribution >= 4 is 52.8 Å². The van der Waals surface area contributed by atoms with E-state index >= 15 is 0 Å². The number of amides is 4. The minimum Gasteiger partial charge on any atom is -0.441 e. The van der Waals surface area contributed by atoms with Gasteiger partial charge < -0.3 is 26.0 Å². The first-order chi connectivity index (χ1) is 23.3. The largest absolute Gasteiger partial charge is 0.441 e. The molecule has 2 saturated carbocycles. The molecule has 5 rings (SSSR count). The van der Waals surface area contributed by atoms with Gasteiger partial charge in [-0.2, -0.15) is 0 Å². The molecule has 1 heterocycles. The number of benzene rings is 2. The van der Waals surface area contributed by atoms with Crippen molar-refractivity contribution in [1.82, 2.24) is 21.3 Å². The molecule has 264 valence electrons. The Morgan fingerprint density at radius 1 is 0.898 bits per heavy atom. The number of hydrogen-bond acceptors (Lipinski definition) is 6. The van der Waals surface area contributed by atoms with E-state index in [1.165, 1.54) is 0 Å². The van der Waals surface area contributed by atoms with Crippen LogP contribution in [-0.2, 0) is 30.3 Å². The lowest BCUT2D eigenvalue weighted by Gasteiger charge is -2.29. The van der Waals surface area contributed by atoms with E-state index in [4.69, 9.17) is 27.9 Å². The fourth-order valence-corrected chi connectivity index (χ4v) is 7.33. The number of carbonyl (C=O) groups is 5. The summed E-state index contributed by atoms with van der Waals surface area (Å²) in [5, 5.41) is 12.2. The maximum atomic E-state index is 14.0. The van der Waals surface area contributed by atoms with Crippen LogP contribution in [-0.4, -0.2) is 53.3 Å². The summed E-state index contributed by atoms with van der Waals surface area (Å²) in [6.45, 7) is 3.78. The summed E-state index contributed by atoms with van der Waals surface area (Å²) < 4.78 is 5.98. The van der Waals surface area contributed by atoms with Crippen LogP contribution in [0, 0.1) is 11.8 Å². The quantitative estimate of drug-likeness (QED) is 0.178. The minimum absolute atomic E-state index is 0.0327. The van der Waals surface area contributed by atoms with Crippen molar-refractivity contribution in [2.24, 2.45) is 11.8 Å². The third kappa shape index (κ3) is 10.9. The third-order valence-corrected chi connectivity index (χ3v) is 10.0. The molecular weight excluding hydrogens is 667 g/mol. The summed E-state index contributed by atoms with van der Waals surface area (Å²) in [5.41, 5.74) is 1.03. The van der Waals surface area contributed by atoms with Crippen molar-refractivity contribution in [2.75, 3.05) is 0 Å². The smallest absolute Gasteiger partial charge is 0.408 e. The molecule has 3 aliphatic rings. The second kappa shape index (κ2) is 16.4. The van der Waals surface area contributed by atoms with Gasteiger partial charge in [-0.3, -0.25) is 19.2 Å². The zero-order valence-corrected chi connectivity index (χ0v) is 29.6. The highest BCUT2D eigenvalue weighted by atomic mass is 35.5. The maximum absolute atomic E-state index is 14.0. The molecule has 10 nitrogen and oxygen atoms in total. The lowest BCUT2D eigenvalue weighted by atomic mass is 9.84. The lowest BCUT2D eigenvalue weighted by molar-refractivity contribution is -0.141. The van der Waals surface area contributed by atoms with Gasteiger partial charge in [0.25, 0.3) is 5.91 Å². The monoisotopic (exact) mass is 712 g/mol. The van der Waals surface area contributed by atoms with Crippen LogP contribution < -0.4 is 21.3 Å². The number of hydrogen-bond donors (Lipinski definition) is 4. The number of alkyl carbamates (subject to hydrolysis) is 1. The van der Waals surface area contributed by atoms with E-state index in [9.17, 15) is 24.0 Å². The van der Waals surface area contributed by atoms with Gasteiger partial charge in [0.15, 0.2) is 0 Å². The third-order valence-electron chi connectivity index (χ3n) is 9.56. The highest BCUT2D eigenvalue weighted by molar-refractivity contribution is 6.38. The lowest BCUT2D eigenvalue weighted by Crippen LogP contribution is -2.55. The zero-order valence-electron chi connectivity index (χ0n) is 28.1. The predicted molar refractivity (Wildman–Crippen MR) is 187 cm³/mol. The van der Waals surface area contributed by atoms with Crippen molar-refractivity contribution in [3.8, 4) is 0 Å². The summed E-state index contributed by atoms with van der Waals surface area (Å²) >= 11 is 12.5. The Balaban J connectivity index is 1.34. The molecule has 0 bridgehead atoms. The van der Waals surface area contributed by atoms with E-state index < -0.39 is 53.3 Å². The minimum atomic E-state index is -1.25. The summed E-state index contributed by atoms with van der Waals surface area (Å²) in [7, 11) is 0. The number of carbonyl (C=O) groups excluding carboxylic acids is 5. The van der Waals surface area contributed by atoms with Gasteiger partial charge in [0.2, 0.25) is 17.6 Å². The van der Waals surface area contributed by atoms with Gasteiger partial charge in [0.05, 0.1) is 6.04 Å². The molecule has 1 aliphatic heterocycles. The first-order valence-electron chi connectivity index (χ1n) is 17.3. The van der Waals surface area contributed by atoms with Crippen molar-refractivity contribution in [3.05, 3.63) is 69.7 Å². The number of ether oxygens (including phenoxy) is 1. The second-order valence-corrected chi connectivity index (χ2v) is 15.3. The summed E-state index contributed by atoms with van der Waals surface area (Å²) in [5.74, 6) is -2.82. The molecule has 3 fully saturated rings. The van der Waals surface area contributed by atoms with Crippen LogP contribution in [0.3, 0.4) is 0 Å². The van der Waals surface area contributed by atoms with Crippen LogP contribution in [0.25, 0.3) is 0 Å². The van der Waals surface area contributed by atoms with E-state index in [-0.39, 0.29) is 24.3 Å². The Hall–Kier alpha value is -3.63. The van der Waals surface area contributed by atoms with Crippen molar-refractivity contribution in [1.29, 1.82) is 0 Å². The van der Waals surface area contributed by atoms with Gasteiger partial charge in [0, 0.05) is 34.0 Å². The fraction of sp³-hybridized carbons (Fsp3) is 0.541. The molecule has 4 atom stereocenters. The van der Waals surface area contributed by atoms with E-state index in [2.05, 4.69) is 21.3 Å². The molecule has 1 saturated heterocycles. The maximum Gasteiger partial charge on any atom is 0.408 e. The molecule has 49 heavy (non-hydrogen) atoms. The molecule has 0 spiro atoms. The zero-order chi connectivity index (χ0) is 35.1. The highest BCUT2D eigenvalue weighted by Crippen LogP contribution is 2.31. The van der Waals surface area contributed by atoms with E-state index in [0.717, 1.165) is 50.5 Å². The van der Waals surface area contributed by atoms with Gasteiger partial charge >= 0.3 is 6.09 Å². The summed E-state index contributed by atoms with van der Waals surface area (Å²) in [4.78, 5) is 66.8. The number of nitrogens with one attached hydrogen (secondary N) is 4. The van der Waals surface area contributed by atoms with Gasteiger partial charge in [-0.1, -0.05) is 79.6 Å². The normalized spacial score (nSPS) is 20.7. The van der Waals surface area contributed by atoms with Crippen molar-refractivity contribution in [3.63, 3.8) is 0 Å². The van der Waals surface area contributed by atoms with Crippen LogP contribution in [0.2, 0.25) is 10.0 Å². The fourth-order valence-electron chi connectivity index (χ4n) is 6.92. The number of Topliss-reactive ketones (excluding diaryl/α,β-unsaturated/α-hetero) is 1. The van der Waals surface area contributed by atoms with Gasteiger partial charge in [-0.15, -0.1) is 0 Å². The number of halogens is 2. The predicted octanol–water partition coefficient (Wildman–Crippen LogP) is 5.98. The molecule has 0 aromatic heterocycles. The molecular formula is C37H46Cl2N4O6. The average molecular weight is 714 g/mol. The second-order valence-electron chi connectivity index (χ2n) is 14.4. The van der Waals surface area contributed by atoms with E-state index in [1.54, 1.807) is 30.3 Å². The topological polar surface area (TPSA) is 143 Å². The summed E-state index contributed by atoms with van der Waals surface area (Å²) in [6.07, 6.45) is 6.05. The Bertz CT molecular complexity index is 1540. The van der Waals surface area contributed by atoms with Crippen LogP contribution in [0.1, 0.15) is 95.3 Å². The molecule has 4 amide bonds. The Kier molecular flexibility index (Phi) is 12.3. The van der Waals surface area contributed by atoms with Crippen molar-refractivity contribution in [2.45, 2.75) is 114 Å². The van der Waals surface area contributed by atoms with Crippen molar-refractivity contribution < 1.29 is 28.7 Å². The van der Waals surface area contributed by atoms with Gasteiger partial charge in [-0.05, 0) is 87.3 Å². The van der Waals surface area contributed by atoms with E-state index in [1.807, 2.05) is 32.0 Å². The molecule has 2 aromatic carbocycles. The van der Waals surface area contributed by atoms with Crippen LogP contribution in [0.4, 0.5) is 4.79 Å². The van der Waals surface area contributed by atoms with Gasteiger partial charge in [-0.25, -0.2) is 4.79 Å². The Morgan fingerprint density at radius 3 is 2.22 bits per heavy atom. The van der Waals surface area contributed by atoms with Crippen LogP contribution in [0.5, 0.6) is 0 Å². The summed E-state index contributed by atoms with van der Waals surface area (Å²) in [6, 6.07) is 11.9. The Labute approximate surface area is 297 Å². The molecule has 2 unspecified atom stereocenters. The first kappa shape index (κ1) is 36.6.